The second kappa shape index (κ2) is 8.38. The Morgan fingerprint density at radius 2 is 1.70 bits per heavy atom. The molecule has 5 rings (SSSR count). The van der Waals surface area contributed by atoms with Crippen molar-refractivity contribution in [3.05, 3.63) is 77.6 Å². The van der Waals surface area contributed by atoms with Crippen LogP contribution in [-0.2, 0) is 0 Å². The summed E-state index contributed by atoms with van der Waals surface area (Å²) in [5, 5.41) is 23.1. The normalized spacial score (nSPS) is 13.5. The highest BCUT2D eigenvalue weighted by atomic mass is 19.1. The van der Waals surface area contributed by atoms with Gasteiger partial charge in [-0.1, -0.05) is 24.3 Å². The number of amides is 1. The highest BCUT2D eigenvalue weighted by molar-refractivity contribution is 6.03. The number of anilines is 1. The molecule has 4 aromatic rings. The number of tetrazole rings is 1. The Balaban J connectivity index is 1.40. The average Bonchev–Trinajstić information content (AvgIpc) is 3.52. The second-order valence-corrected chi connectivity index (χ2v) is 7.76. The monoisotopic (exact) mass is 447 g/mol. The number of halogens is 2. The van der Waals surface area contributed by atoms with Gasteiger partial charge in [0.2, 0.25) is 5.82 Å². The van der Waals surface area contributed by atoms with Crippen molar-refractivity contribution >= 4 is 28.2 Å². The van der Waals surface area contributed by atoms with E-state index in [1.54, 1.807) is 24.3 Å². The molecule has 2 N–H and O–H groups in total. The van der Waals surface area contributed by atoms with Gasteiger partial charge >= 0.3 is 0 Å². The van der Waals surface area contributed by atoms with Gasteiger partial charge in [-0.05, 0) is 64.4 Å². The fourth-order valence-electron chi connectivity index (χ4n) is 3.92. The van der Waals surface area contributed by atoms with Gasteiger partial charge in [0.25, 0.3) is 5.91 Å². The van der Waals surface area contributed by atoms with Crippen LogP contribution in [0, 0.1) is 17.0 Å². The quantitative estimate of drug-likeness (QED) is 0.367. The molecule has 8 nitrogen and oxygen atoms in total. The van der Waals surface area contributed by atoms with Gasteiger partial charge in [0.1, 0.15) is 23.2 Å². The van der Waals surface area contributed by atoms with Crippen LogP contribution >= 0.6 is 0 Å². The number of carbonyl (C=O) groups is 1. The highest BCUT2D eigenvalue weighted by Gasteiger charge is 2.22. The molecule has 1 aromatic heterocycles. The molecule has 0 unspecified atom stereocenters. The fourth-order valence-corrected chi connectivity index (χ4v) is 3.92. The number of benzene rings is 3. The van der Waals surface area contributed by atoms with E-state index < -0.39 is 17.5 Å². The van der Waals surface area contributed by atoms with Gasteiger partial charge in [0.15, 0.2) is 0 Å². The summed E-state index contributed by atoms with van der Waals surface area (Å²) in [5.74, 6) is -2.14. The van der Waals surface area contributed by atoms with Gasteiger partial charge in [-0.3, -0.25) is 10.2 Å². The highest BCUT2D eigenvalue weighted by Crippen LogP contribution is 2.23. The summed E-state index contributed by atoms with van der Waals surface area (Å²) in [6.07, 6.45) is 2.01. The minimum absolute atomic E-state index is 0.00118. The number of aromatic nitrogens is 4. The van der Waals surface area contributed by atoms with Crippen LogP contribution in [0.15, 0.2) is 54.6 Å². The topological polar surface area (TPSA) is 99.8 Å². The number of rotatable bonds is 4. The standard InChI is InChI=1S/C23H19F2N7O/c24-17-12-16(21(26)31-9-3-4-10-31)7-8-19(17)27-23(33)22-28-29-30-32(22)20-13-15-6-2-1-5-14(15)11-18(20)25/h1-2,5-8,11-13,26H,3-4,9-10H2,(H,27,33). The summed E-state index contributed by atoms with van der Waals surface area (Å²) < 4.78 is 30.4. The molecule has 166 valence electrons. The summed E-state index contributed by atoms with van der Waals surface area (Å²) >= 11 is 0. The maximum atomic E-state index is 14.7. The summed E-state index contributed by atoms with van der Waals surface area (Å²) in [7, 11) is 0. The number of carbonyl (C=O) groups excluding carboxylic acids is 1. The van der Waals surface area contributed by atoms with E-state index in [1.807, 2.05) is 11.0 Å². The van der Waals surface area contributed by atoms with Crippen LogP contribution in [-0.4, -0.2) is 49.9 Å². The molecule has 1 aliphatic heterocycles. The van der Waals surface area contributed by atoms with E-state index in [0.717, 1.165) is 36.0 Å². The molecule has 3 aromatic carbocycles. The number of hydrogen-bond donors (Lipinski definition) is 2. The SMILES string of the molecule is N=C(c1ccc(NC(=O)c2nnnn2-c2cc3ccccc3cc2F)c(F)c1)N1CCCC1. The molecule has 1 saturated heterocycles. The Labute approximate surface area is 187 Å². The van der Waals surface area contributed by atoms with Crippen molar-refractivity contribution in [2.45, 2.75) is 12.8 Å². The number of fused-ring (bicyclic) bond motifs is 1. The third kappa shape index (κ3) is 3.91. The molecule has 1 aliphatic rings. The molecule has 2 heterocycles. The maximum absolute atomic E-state index is 14.7. The molecular formula is C23H19F2N7O. The second-order valence-electron chi connectivity index (χ2n) is 7.76. The first-order valence-electron chi connectivity index (χ1n) is 10.4. The van der Waals surface area contributed by atoms with E-state index in [4.69, 9.17) is 5.41 Å². The third-order valence-corrected chi connectivity index (χ3v) is 5.63. The molecular weight excluding hydrogens is 428 g/mol. The largest absolute Gasteiger partial charge is 0.357 e. The Hall–Kier alpha value is -4.21. The predicted octanol–water partition coefficient (Wildman–Crippen LogP) is 3.77. The fraction of sp³-hybridized carbons (Fsp3) is 0.174. The lowest BCUT2D eigenvalue weighted by atomic mass is 10.1. The Morgan fingerprint density at radius 3 is 2.42 bits per heavy atom. The smallest absolute Gasteiger partial charge is 0.295 e. The van der Waals surface area contributed by atoms with E-state index in [1.165, 1.54) is 24.3 Å². The summed E-state index contributed by atoms with van der Waals surface area (Å²) in [6.45, 7) is 1.54. The van der Waals surface area contributed by atoms with E-state index in [0.29, 0.717) is 10.9 Å². The van der Waals surface area contributed by atoms with Crippen molar-refractivity contribution in [1.82, 2.24) is 25.1 Å². The molecule has 0 radical (unpaired) electrons. The lowest BCUT2D eigenvalue weighted by Gasteiger charge is -2.19. The first-order valence-corrected chi connectivity index (χ1v) is 10.4. The van der Waals surface area contributed by atoms with Crippen molar-refractivity contribution in [2.75, 3.05) is 18.4 Å². The van der Waals surface area contributed by atoms with Crippen LogP contribution in [0.5, 0.6) is 0 Å². The third-order valence-electron chi connectivity index (χ3n) is 5.63. The van der Waals surface area contributed by atoms with Gasteiger partial charge in [-0.2, -0.15) is 4.68 Å². The van der Waals surface area contributed by atoms with Crippen molar-refractivity contribution in [3.63, 3.8) is 0 Å². The molecule has 0 atom stereocenters. The average molecular weight is 447 g/mol. The van der Waals surface area contributed by atoms with Crippen LogP contribution in [0.1, 0.15) is 29.0 Å². The van der Waals surface area contributed by atoms with Crippen LogP contribution in [0.25, 0.3) is 16.5 Å². The van der Waals surface area contributed by atoms with Crippen LogP contribution in [0.4, 0.5) is 14.5 Å². The molecule has 0 aliphatic carbocycles. The van der Waals surface area contributed by atoms with Gasteiger partial charge in [0, 0.05) is 18.7 Å². The molecule has 10 heteroatoms. The number of hydrogen-bond acceptors (Lipinski definition) is 5. The lowest BCUT2D eigenvalue weighted by molar-refractivity contribution is 0.101. The van der Waals surface area contributed by atoms with Gasteiger partial charge in [-0.25, -0.2) is 8.78 Å². The van der Waals surface area contributed by atoms with E-state index >= 15 is 0 Å². The van der Waals surface area contributed by atoms with Crippen molar-refractivity contribution in [1.29, 1.82) is 5.41 Å². The van der Waals surface area contributed by atoms with E-state index in [2.05, 4.69) is 20.8 Å². The molecule has 1 amide bonds. The van der Waals surface area contributed by atoms with Gasteiger partial charge < -0.3 is 10.2 Å². The number of nitrogens with zero attached hydrogens (tertiary/aromatic N) is 5. The Kier molecular flexibility index (Phi) is 5.25. The first-order chi connectivity index (χ1) is 16.0. The minimum atomic E-state index is -0.797. The van der Waals surface area contributed by atoms with Gasteiger partial charge in [-0.15, -0.1) is 5.10 Å². The number of likely N-dealkylation sites (tertiary alicyclic amines) is 1. The molecule has 0 saturated carbocycles. The minimum Gasteiger partial charge on any atom is -0.357 e. The molecule has 0 spiro atoms. The van der Waals surface area contributed by atoms with Crippen molar-refractivity contribution in [2.24, 2.45) is 0 Å². The molecule has 33 heavy (non-hydrogen) atoms. The van der Waals surface area contributed by atoms with Crippen molar-refractivity contribution in [3.8, 4) is 5.69 Å². The molecule has 1 fully saturated rings. The Bertz CT molecular complexity index is 1380. The zero-order chi connectivity index (χ0) is 22.9. The number of amidine groups is 1. The van der Waals surface area contributed by atoms with Crippen LogP contribution in [0.3, 0.4) is 0 Å². The van der Waals surface area contributed by atoms with E-state index in [-0.39, 0.29) is 23.0 Å². The lowest BCUT2D eigenvalue weighted by Crippen LogP contribution is -2.27. The van der Waals surface area contributed by atoms with Crippen molar-refractivity contribution < 1.29 is 13.6 Å². The van der Waals surface area contributed by atoms with Crippen LogP contribution in [0.2, 0.25) is 0 Å². The van der Waals surface area contributed by atoms with Gasteiger partial charge in [0.05, 0.1) is 5.69 Å². The van der Waals surface area contributed by atoms with E-state index in [9.17, 15) is 13.6 Å². The zero-order valence-electron chi connectivity index (χ0n) is 17.4. The summed E-state index contributed by atoms with van der Waals surface area (Å²) in [6, 6.07) is 14.2. The Morgan fingerprint density at radius 1 is 0.970 bits per heavy atom. The number of nitrogens with one attached hydrogen (secondary N) is 2. The maximum Gasteiger partial charge on any atom is 0.295 e. The summed E-state index contributed by atoms with van der Waals surface area (Å²) in [5.41, 5.74) is 0.334. The van der Waals surface area contributed by atoms with Crippen LogP contribution < -0.4 is 5.32 Å². The molecule has 0 bridgehead atoms. The summed E-state index contributed by atoms with van der Waals surface area (Å²) in [4.78, 5) is 14.7. The first kappa shape index (κ1) is 20.7. The zero-order valence-corrected chi connectivity index (χ0v) is 17.4. The predicted molar refractivity (Wildman–Crippen MR) is 119 cm³/mol.